The number of hydrogen-bond donors (Lipinski definition) is 1. The Hall–Kier alpha value is -3.03. The summed E-state index contributed by atoms with van der Waals surface area (Å²) in [5, 5.41) is 7.41. The Labute approximate surface area is 144 Å². The van der Waals surface area contributed by atoms with E-state index in [0.717, 1.165) is 0 Å². The monoisotopic (exact) mass is 340 g/mol. The molecular weight excluding hydrogens is 320 g/mol. The molecule has 3 heterocycles. The molecule has 0 saturated heterocycles. The second kappa shape index (κ2) is 6.46. The molecule has 0 fully saturated rings. The van der Waals surface area contributed by atoms with E-state index < -0.39 is 0 Å². The van der Waals surface area contributed by atoms with Gasteiger partial charge in [-0.05, 0) is 32.9 Å². The van der Waals surface area contributed by atoms with Crippen molar-refractivity contribution in [3.05, 3.63) is 47.3 Å². The van der Waals surface area contributed by atoms with Crippen molar-refractivity contribution in [2.75, 3.05) is 5.32 Å². The first kappa shape index (κ1) is 16.8. The molecule has 8 heteroatoms. The average Bonchev–Trinajstić information content (AvgIpc) is 3.00. The van der Waals surface area contributed by atoms with Gasteiger partial charge in [-0.25, -0.2) is 14.6 Å². The van der Waals surface area contributed by atoms with Crippen molar-refractivity contribution in [3.63, 3.8) is 0 Å². The van der Waals surface area contributed by atoms with E-state index in [-0.39, 0.29) is 30.0 Å². The molecule has 0 saturated carbocycles. The van der Waals surface area contributed by atoms with Gasteiger partial charge in [0.1, 0.15) is 11.2 Å². The fourth-order valence-corrected chi connectivity index (χ4v) is 2.46. The lowest BCUT2D eigenvalue weighted by Crippen LogP contribution is -2.26. The Balaban J connectivity index is 1.75. The van der Waals surface area contributed by atoms with Gasteiger partial charge >= 0.3 is 0 Å². The summed E-state index contributed by atoms with van der Waals surface area (Å²) in [6, 6.07) is 5.27. The van der Waals surface area contributed by atoms with Gasteiger partial charge in [0.05, 0.1) is 18.1 Å². The molecule has 1 N–H and O–H groups in total. The van der Waals surface area contributed by atoms with E-state index >= 15 is 0 Å². The minimum Gasteiger partial charge on any atom is -0.311 e. The predicted octanol–water partition coefficient (Wildman–Crippen LogP) is 1.77. The van der Waals surface area contributed by atoms with Crippen LogP contribution in [-0.2, 0) is 16.9 Å². The van der Waals surface area contributed by atoms with Crippen molar-refractivity contribution >= 4 is 22.8 Å². The fraction of sp³-hybridized carbons (Fsp3) is 0.353. The molecule has 3 rings (SSSR count). The standard InChI is InChI=1S/C17H20N6O2/c1-17(2,3)23-15-12(10-20-23)16(25)22(11-19-15)9-7-14(24)21-13-6-4-5-8-18-13/h4-6,8,10-11H,7,9H2,1-3H3,(H,18,21,24). The van der Waals surface area contributed by atoms with Gasteiger partial charge in [-0.15, -0.1) is 0 Å². The number of carbonyl (C=O) groups is 1. The number of anilines is 1. The van der Waals surface area contributed by atoms with Crippen LogP contribution in [0.15, 0.2) is 41.7 Å². The topological polar surface area (TPSA) is 94.7 Å². The van der Waals surface area contributed by atoms with Crippen molar-refractivity contribution in [3.8, 4) is 0 Å². The van der Waals surface area contributed by atoms with Gasteiger partial charge in [0.15, 0.2) is 5.65 Å². The number of amides is 1. The molecule has 0 aliphatic heterocycles. The van der Waals surface area contributed by atoms with Gasteiger partial charge in [0.25, 0.3) is 5.56 Å². The molecule has 3 aromatic rings. The molecule has 25 heavy (non-hydrogen) atoms. The van der Waals surface area contributed by atoms with Crippen molar-refractivity contribution in [2.24, 2.45) is 0 Å². The van der Waals surface area contributed by atoms with Gasteiger partial charge < -0.3 is 5.32 Å². The van der Waals surface area contributed by atoms with Crippen LogP contribution in [0.4, 0.5) is 5.82 Å². The minimum absolute atomic E-state index is 0.150. The molecule has 0 spiro atoms. The highest BCUT2D eigenvalue weighted by Gasteiger charge is 2.19. The highest BCUT2D eigenvalue weighted by molar-refractivity contribution is 5.89. The molecule has 8 nitrogen and oxygen atoms in total. The number of aromatic nitrogens is 5. The maximum atomic E-state index is 12.6. The zero-order chi connectivity index (χ0) is 18.0. The molecule has 0 bridgehead atoms. The summed E-state index contributed by atoms with van der Waals surface area (Å²) in [5.74, 6) is 0.274. The number of nitrogens with one attached hydrogen (secondary N) is 1. The van der Waals surface area contributed by atoms with Crippen molar-refractivity contribution in [1.29, 1.82) is 0 Å². The average molecular weight is 340 g/mol. The summed E-state index contributed by atoms with van der Waals surface area (Å²) >= 11 is 0. The number of hydrogen-bond acceptors (Lipinski definition) is 5. The Morgan fingerprint density at radius 3 is 2.72 bits per heavy atom. The van der Waals surface area contributed by atoms with Crippen LogP contribution in [0.2, 0.25) is 0 Å². The number of pyridine rings is 1. The Morgan fingerprint density at radius 2 is 2.04 bits per heavy atom. The molecular formula is C17H20N6O2. The molecule has 3 aromatic heterocycles. The summed E-state index contributed by atoms with van der Waals surface area (Å²) in [6.45, 7) is 6.22. The highest BCUT2D eigenvalue weighted by Crippen LogP contribution is 2.17. The summed E-state index contributed by atoms with van der Waals surface area (Å²) in [5.41, 5.74) is 0.0773. The van der Waals surface area contributed by atoms with E-state index in [0.29, 0.717) is 16.9 Å². The van der Waals surface area contributed by atoms with Crippen LogP contribution >= 0.6 is 0 Å². The Kier molecular flexibility index (Phi) is 4.35. The second-order valence-electron chi connectivity index (χ2n) is 6.72. The first-order valence-electron chi connectivity index (χ1n) is 8.01. The first-order chi connectivity index (χ1) is 11.9. The van der Waals surface area contributed by atoms with Crippen LogP contribution in [0.1, 0.15) is 27.2 Å². The molecule has 1 amide bonds. The van der Waals surface area contributed by atoms with Gasteiger partial charge in [-0.1, -0.05) is 6.07 Å². The zero-order valence-corrected chi connectivity index (χ0v) is 14.4. The van der Waals surface area contributed by atoms with E-state index in [2.05, 4.69) is 20.4 Å². The Bertz CT molecular complexity index is 953. The number of carbonyl (C=O) groups excluding carboxylic acids is 1. The van der Waals surface area contributed by atoms with Crippen molar-refractivity contribution in [2.45, 2.75) is 39.3 Å². The zero-order valence-electron chi connectivity index (χ0n) is 14.4. The highest BCUT2D eigenvalue weighted by atomic mass is 16.2. The third-order valence-corrected chi connectivity index (χ3v) is 3.70. The SMILES string of the molecule is CC(C)(C)n1ncc2c(=O)n(CCC(=O)Nc3ccccn3)cnc21. The van der Waals surface area contributed by atoms with Gasteiger partial charge in [0, 0.05) is 19.2 Å². The second-order valence-corrected chi connectivity index (χ2v) is 6.72. The van der Waals surface area contributed by atoms with Crippen LogP contribution in [0.3, 0.4) is 0 Å². The number of rotatable bonds is 4. The molecule has 0 unspecified atom stereocenters. The largest absolute Gasteiger partial charge is 0.311 e. The van der Waals surface area contributed by atoms with Crippen molar-refractivity contribution in [1.82, 2.24) is 24.3 Å². The van der Waals surface area contributed by atoms with Gasteiger partial charge in [-0.2, -0.15) is 5.10 Å². The summed E-state index contributed by atoms with van der Waals surface area (Å²) < 4.78 is 3.15. The van der Waals surface area contributed by atoms with E-state index in [4.69, 9.17) is 0 Å². The minimum atomic E-state index is -0.268. The molecule has 130 valence electrons. The third-order valence-electron chi connectivity index (χ3n) is 3.70. The fourth-order valence-electron chi connectivity index (χ4n) is 2.46. The molecule has 0 aromatic carbocycles. The predicted molar refractivity (Wildman–Crippen MR) is 94.3 cm³/mol. The smallest absolute Gasteiger partial charge is 0.264 e. The van der Waals surface area contributed by atoms with Crippen LogP contribution in [0.25, 0.3) is 11.0 Å². The van der Waals surface area contributed by atoms with Gasteiger partial charge in [-0.3, -0.25) is 14.2 Å². The third kappa shape index (κ3) is 3.57. The maximum absolute atomic E-state index is 12.6. The molecule has 0 aliphatic rings. The van der Waals surface area contributed by atoms with E-state index in [9.17, 15) is 9.59 Å². The lowest BCUT2D eigenvalue weighted by molar-refractivity contribution is -0.116. The number of nitrogens with zero attached hydrogens (tertiary/aromatic N) is 5. The summed E-state index contributed by atoms with van der Waals surface area (Å²) in [7, 11) is 0. The maximum Gasteiger partial charge on any atom is 0.264 e. The Morgan fingerprint density at radius 1 is 1.24 bits per heavy atom. The molecule has 0 atom stereocenters. The van der Waals surface area contributed by atoms with E-state index in [1.54, 1.807) is 29.1 Å². The number of aryl methyl sites for hydroxylation is 1. The normalized spacial score (nSPS) is 11.6. The lowest BCUT2D eigenvalue weighted by Gasteiger charge is -2.19. The number of fused-ring (bicyclic) bond motifs is 1. The van der Waals surface area contributed by atoms with Crippen LogP contribution in [0, 0.1) is 0 Å². The lowest BCUT2D eigenvalue weighted by atomic mass is 10.1. The van der Waals surface area contributed by atoms with Gasteiger partial charge in [0.2, 0.25) is 5.91 Å². The van der Waals surface area contributed by atoms with Crippen LogP contribution in [-0.4, -0.2) is 30.2 Å². The van der Waals surface area contributed by atoms with E-state index in [1.807, 2.05) is 20.8 Å². The molecule has 0 radical (unpaired) electrons. The summed E-state index contributed by atoms with van der Waals surface area (Å²) in [4.78, 5) is 32.9. The van der Waals surface area contributed by atoms with Crippen LogP contribution < -0.4 is 10.9 Å². The summed E-state index contributed by atoms with van der Waals surface area (Å²) in [6.07, 6.45) is 4.74. The van der Waals surface area contributed by atoms with E-state index in [1.165, 1.54) is 17.1 Å². The quantitative estimate of drug-likeness (QED) is 0.781. The molecule has 0 aliphatic carbocycles. The van der Waals surface area contributed by atoms with Crippen molar-refractivity contribution < 1.29 is 4.79 Å². The van der Waals surface area contributed by atoms with Crippen LogP contribution in [0.5, 0.6) is 0 Å². The first-order valence-corrected chi connectivity index (χ1v) is 8.01.